The fourth-order valence-electron chi connectivity index (χ4n) is 3.67. The summed E-state index contributed by atoms with van der Waals surface area (Å²) in [5.74, 6) is -0.0191. The average Bonchev–Trinajstić information content (AvgIpc) is 2.83. The molecule has 2 rings (SSSR count). The van der Waals surface area contributed by atoms with Gasteiger partial charge in [-0.15, -0.1) is 0 Å². The first kappa shape index (κ1) is 21.5. The van der Waals surface area contributed by atoms with Crippen molar-refractivity contribution < 1.29 is 19.2 Å². The van der Waals surface area contributed by atoms with E-state index in [-0.39, 0.29) is 24.0 Å². The highest BCUT2D eigenvalue weighted by molar-refractivity contribution is 7.91. The van der Waals surface area contributed by atoms with E-state index in [9.17, 15) is 14.5 Å². The molecule has 1 aliphatic heterocycles. The number of carbonyl (C=O) groups is 1. The zero-order chi connectivity index (χ0) is 19.8. The molecule has 2 aliphatic rings. The van der Waals surface area contributed by atoms with Crippen LogP contribution in [0.2, 0.25) is 0 Å². The maximum atomic E-state index is 12.6. The maximum Gasteiger partial charge on any atom is 0.410 e. The second-order valence-corrected chi connectivity index (χ2v) is 11.4. The highest BCUT2D eigenvalue weighted by atomic mass is 32.2. The number of ether oxygens (including phenoxy) is 1. The van der Waals surface area contributed by atoms with Gasteiger partial charge in [-0.1, -0.05) is 4.40 Å². The molecule has 7 heteroatoms. The van der Waals surface area contributed by atoms with Crippen molar-refractivity contribution in [3.63, 3.8) is 0 Å². The van der Waals surface area contributed by atoms with Gasteiger partial charge in [0.05, 0.1) is 12.3 Å². The number of likely N-dealkylation sites (tertiary alicyclic amines) is 1. The zero-order valence-electron chi connectivity index (χ0n) is 17.0. The predicted octanol–water partition coefficient (Wildman–Crippen LogP) is 3.31. The van der Waals surface area contributed by atoms with Gasteiger partial charge in [0.15, 0.2) is 0 Å². The van der Waals surface area contributed by atoms with Crippen molar-refractivity contribution in [1.29, 1.82) is 0 Å². The molecule has 0 bridgehead atoms. The van der Waals surface area contributed by atoms with Gasteiger partial charge in [-0.25, -0.2) is 4.79 Å². The van der Waals surface area contributed by atoms with Crippen molar-refractivity contribution >= 4 is 23.2 Å². The Morgan fingerprint density at radius 2 is 1.85 bits per heavy atom. The van der Waals surface area contributed by atoms with Gasteiger partial charge in [-0.3, -0.25) is 0 Å². The average molecular weight is 387 g/mol. The van der Waals surface area contributed by atoms with E-state index in [1.54, 1.807) is 4.90 Å². The molecule has 2 atom stereocenters. The van der Waals surface area contributed by atoms with E-state index >= 15 is 0 Å². The number of amides is 1. The van der Waals surface area contributed by atoms with Gasteiger partial charge in [0, 0.05) is 24.4 Å². The molecule has 0 aromatic carbocycles. The fraction of sp³-hybridized carbons (Fsp3) is 0.895. The summed E-state index contributed by atoms with van der Waals surface area (Å²) in [6, 6.07) is 0. The van der Waals surface area contributed by atoms with Crippen LogP contribution in [0.4, 0.5) is 4.79 Å². The third-order valence-corrected chi connectivity index (χ3v) is 6.61. The van der Waals surface area contributed by atoms with Gasteiger partial charge >= 0.3 is 6.09 Å². The number of carbonyl (C=O) groups excluding carboxylic acids is 1. The SMILES string of the molecule is CC(C)(C)OC(=O)N1CCC2(CCC(CO)/C2=N\[S+]([O-])C(C)(C)C)CC1. The summed E-state index contributed by atoms with van der Waals surface area (Å²) in [6.07, 6.45) is 3.08. The van der Waals surface area contributed by atoms with Crippen LogP contribution in [0, 0.1) is 11.3 Å². The van der Waals surface area contributed by atoms with Crippen LogP contribution >= 0.6 is 0 Å². The van der Waals surface area contributed by atoms with Crippen LogP contribution in [0.25, 0.3) is 0 Å². The van der Waals surface area contributed by atoms with Crippen molar-refractivity contribution in [1.82, 2.24) is 4.90 Å². The molecule has 26 heavy (non-hydrogen) atoms. The summed E-state index contributed by atoms with van der Waals surface area (Å²) < 4.78 is 22.2. The molecule has 6 nitrogen and oxygen atoms in total. The van der Waals surface area contributed by atoms with Gasteiger partial charge in [0.1, 0.15) is 21.7 Å². The lowest BCUT2D eigenvalue weighted by molar-refractivity contribution is 0.0156. The van der Waals surface area contributed by atoms with Crippen LogP contribution in [0.5, 0.6) is 0 Å². The first-order valence-electron chi connectivity index (χ1n) is 9.48. The highest BCUT2D eigenvalue weighted by Gasteiger charge is 2.49. The number of aliphatic hydroxyl groups is 1. The molecule has 150 valence electrons. The molecule has 0 aromatic heterocycles. The molecule has 1 amide bonds. The second kappa shape index (κ2) is 7.68. The van der Waals surface area contributed by atoms with Gasteiger partial charge in [0.25, 0.3) is 0 Å². The number of aliphatic hydroxyl groups excluding tert-OH is 1. The quantitative estimate of drug-likeness (QED) is 0.738. The summed E-state index contributed by atoms with van der Waals surface area (Å²) in [4.78, 5) is 14.1. The summed E-state index contributed by atoms with van der Waals surface area (Å²) in [7, 11) is 0. The maximum absolute atomic E-state index is 12.6. The molecule has 2 unspecified atom stereocenters. The molecule has 1 aliphatic carbocycles. The molecular weight excluding hydrogens is 352 g/mol. The van der Waals surface area contributed by atoms with Crippen LogP contribution in [0.1, 0.15) is 67.2 Å². The van der Waals surface area contributed by atoms with E-state index in [0.717, 1.165) is 31.4 Å². The topological polar surface area (TPSA) is 85.2 Å². The minimum Gasteiger partial charge on any atom is -0.591 e. The lowest BCUT2D eigenvalue weighted by atomic mass is 9.75. The number of rotatable bonds is 2. The predicted molar refractivity (Wildman–Crippen MR) is 105 cm³/mol. The van der Waals surface area contributed by atoms with E-state index < -0.39 is 21.7 Å². The van der Waals surface area contributed by atoms with Crippen molar-refractivity contribution in [2.45, 2.75) is 77.6 Å². The molecule has 1 spiro atoms. The van der Waals surface area contributed by atoms with Crippen molar-refractivity contribution in [3.8, 4) is 0 Å². The summed E-state index contributed by atoms with van der Waals surface area (Å²) in [5.41, 5.74) is 0.252. The molecule has 1 saturated carbocycles. The summed E-state index contributed by atoms with van der Waals surface area (Å²) in [5, 5.41) is 9.77. The van der Waals surface area contributed by atoms with E-state index in [1.165, 1.54) is 0 Å². The Morgan fingerprint density at radius 1 is 1.27 bits per heavy atom. The third-order valence-electron chi connectivity index (χ3n) is 5.20. The third kappa shape index (κ3) is 4.93. The molecular formula is C19H34N2O4S. The Kier molecular flexibility index (Phi) is 6.35. The van der Waals surface area contributed by atoms with Crippen molar-refractivity contribution in [2.75, 3.05) is 19.7 Å². The Hall–Kier alpha value is -0.790. The Morgan fingerprint density at radius 3 is 2.31 bits per heavy atom. The smallest absolute Gasteiger partial charge is 0.410 e. The highest BCUT2D eigenvalue weighted by Crippen LogP contribution is 2.47. The Labute approximate surface area is 160 Å². The number of hydrogen-bond donors (Lipinski definition) is 1. The number of hydrogen-bond acceptors (Lipinski definition) is 5. The van der Waals surface area contributed by atoms with Crippen LogP contribution in [0.3, 0.4) is 0 Å². The van der Waals surface area contributed by atoms with E-state index in [4.69, 9.17) is 4.74 Å². The largest absolute Gasteiger partial charge is 0.591 e. The van der Waals surface area contributed by atoms with Gasteiger partial charge in [-0.05, 0) is 67.2 Å². The van der Waals surface area contributed by atoms with E-state index in [1.807, 2.05) is 41.5 Å². The Balaban J connectivity index is 2.14. The molecule has 0 radical (unpaired) electrons. The van der Waals surface area contributed by atoms with E-state index in [0.29, 0.717) is 13.1 Å². The van der Waals surface area contributed by atoms with Gasteiger partial charge < -0.3 is 19.3 Å². The first-order valence-corrected chi connectivity index (χ1v) is 10.6. The molecule has 2 fully saturated rings. The fourth-order valence-corrected chi connectivity index (χ4v) is 4.47. The van der Waals surface area contributed by atoms with Crippen LogP contribution in [-0.4, -0.2) is 56.4 Å². The zero-order valence-corrected chi connectivity index (χ0v) is 17.8. The lowest BCUT2D eigenvalue weighted by Crippen LogP contribution is -2.47. The molecule has 1 heterocycles. The molecule has 0 aromatic rings. The van der Waals surface area contributed by atoms with E-state index in [2.05, 4.69) is 4.40 Å². The first-order chi connectivity index (χ1) is 11.9. The van der Waals surface area contributed by atoms with Gasteiger partial charge in [-0.2, -0.15) is 0 Å². The summed E-state index contributed by atoms with van der Waals surface area (Å²) in [6.45, 7) is 12.6. The second-order valence-electron chi connectivity index (χ2n) is 9.50. The number of nitrogens with zero attached hydrogens (tertiary/aromatic N) is 2. The normalized spacial score (nSPS) is 26.4. The van der Waals surface area contributed by atoms with Crippen LogP contribution < -0.4 is 0 Å². The molecule has 1 saturated heterocycles. The molecule has 1 N–H and O–H groups in total. The monoisotopic (exact) mass is 386 g/mol. The summed E-state index contributed by atoms with van der Waals surface area (Å²) >= 11 is -1.34. The van der Waals surface area contributed by atoms with Crippen molar-refractivity contribution in [3.05, 3.63) is 0 Å². The lowest BCUT2D eigenvalue weighted by Gasteiger charge is -2.40. The Bertz CT molecular complexity index is 543. The van der Waals surface area contributed by atoms with Crippen LogP contribution in [0.15, 0.2) is 4.40 Å². The minimum absolute atomic E-state index is 0.0191. The van der Waals surface area contributed by atoms with Crippen molar-refractivity contribution in [2.24, 2.45) is 15.7 Å². The standard InChI is InChI=1S/C19H34N2O4S/c1-17(2,3)25-16(23)21-11-9-19(10-12-21)8-7-14(13-22)15(19)20-26(24)18(4,5)6/h14,22H,7-13H2,1-6H3/b20-15+. The number of piperidine rings is 1. The van der Waals surface area contributed by atoms with Gasteiger partial charge in [0.2, 0.25) is 0 Å². The minimum atomic E-state index is -1.34. The van der Waals surface area contributed by atoms with Crippen LogP contribution in [-0.2, 0) is 16.1 Å².